The number of rotatable bonds is 1. The number of benzene rings is 1. The van der Waals surface area contributed by atoms with Gasteiger partial charge in [-0.2, -0.15) is 0 Å². The molecule has 0 spiro atoms. The lowest BCUT2D eigenvalue weighted by molar-refractivity contribution is 0.0680. The molecule has 3 aliphatic rings. The number of fused-ring (bicyclic) bond motifs is 3. The number of hydrogen-bond donors (Lipinski definition) is 1. The van der Waals surface area contributed by atoms with Crippen molar-refractivity contribution in [3.8, 4) is 11.5 Å². The van der Waals surface area contributed by atoms with Gasteiger partial charge in [-0.15, -0.1) is 12.4 Å². The molecule has 1 aromatic rings. The van der Waals surface area contributed by atoms with Crippen molar-refractivity contribution in [2.45, 2.75) is 31.3 Å². The smallest absolute Gasteiger partial charge is 0.254 e. The molecule has 0 aromatic heterocycles. The maximum absolute atomic E-state index is 12.8. The quantitative estimate of drug-likeness (QED) is 0.859. The second kappa shape index (κ2) is 5.73. The van der Waals surface area contributed by atoms with E-state index in [2.05, 4.69) is 10.2 Å². The number of ether oxygens (including phenoxy) is 2. The Kier molecular flexibility index (Phi) is 3.95. The van der Waals surface area contributed by atoms with E-state index in [1.54, 1.807) is 0 Å². The molecule has 2 atom stereocenters. The molecule has 2 bridgehead atoms. The zero-order chi connectivity index (χ0) is 13.5. The molecule has 1 amide bonds. The second-order valence-corrected chi connectivity index (χ2v) is 5.66. The van der Waals surface area contributed by atoms with Crippen LogP contribution in [-0.2, 0) is 0 Å². The fourth-order valence-corrected chi connectivity index (χ4v) is 3.49. The molecule has 6 heteroatoms. The first kappa shape index (κ1) is 14.5. The van der Waals surface area contributed by atoms with Gasteiger partial charge < -0.3 is 19.7 Å². The predicted molar refractivity (Wildman–Crippen MR) is 80.3 cm³/mol. The lowest BCUT2D eigenvalue weighted by atomic mass is 10.1. The van der Waals surface area contributed by atoms with Crippen LogP contribution in [0, 0.1) is 0 Å². The van der Waals surface area contributed by atoms with Crippen molar-refractivity contribution in [1.29, 1.82) is 0 Å². The van der Waals surface area contributed by atoms with Crippen molar-refractivity contribution < 1.29 is 14.3 Å². The van der Waals surface area contributed by atoms with Crippen LogP contribution in [0.15, 0.2) is 18.2 Å². The summed E-state index contributed by atoms with van der Waals surface area (Å²) < 4.78 is 10.7. The summed E-state index contributed by atoms with van der Waals surface area (Å²) in [5, 5.41) is 3.42. The highest BCUT2D eigenvalue weighted by molar-refractivity contribution is 5.95. The average Bonchev–Trinajstić information content (AvgIpc) is 3.00. The number of hydrogen-bond acceptors (Lipinski definition) is 4. The Balaban J connectivity index is 0.00000132. The summed E-state index contributed by atoms with van der Waals surface area (Å²) >= 11 is 0. The van der Waals surface area contributed by atoms with Gasteiger partial charge in [0.1, 0.15) is 0 Å². The summed E-state index contributed by atoms with van der Waals surface area (Å²) in [6.07, 6.45) is 3.28. The molecule has 3 heterocycles. The van der Waals surface area contributed by atoms with E-state index in [0.29, 0.717) is 23.4 Å². The number of carbonyl (C=O) groups is 1. The Labute approximate surface area is 130 Å². The van der Waals surface area contributed by atoms with E-state index in [0.717, 1.165) is 38.1 Å². The van der Waals surface area contributed by atoms with Crippen molar-refractivity contribution in [2.24, 2.45) is 0 Å². The number of amides is 1. The van der Waals surface area contributed by atoms with Gasteiger partial charge in [0.05, 0.1) is 0 Å². The fraction of sp³-hybridized carbons (Fsp3) is 0.533. The van der Waals surface area contributed by atoms with Crippen molar-refractivity contribution >= 4 is 18.3 Å². The first-order valence-corrected chi connectivity index (χ1v) is 7.26. The standard InChI is InChI=1S/C15H18N2O3.ClH/c18-15(10-1-4-13-14(7-10)20-9-19-13)17-11-2-3-12(17)8-16-6-5-11;/h1,4,7,11-12,16H,2-3,5-6,8-9H2;1H. The van der Waals surface area contributed by atoms with Crippen molar-refractivity contribution in [2.75, 3.05) is 19.9 Å². The van der Waals surface area contributed by atoms with Gasteiger partial charge in [-0.3, -0.25) is 4.79 Å². The topological polar surface area (TPSA) is 50.8 Å². The van der Waals surface area contributed by atoms with Crippen LogP contribution in [0.3, 0.4) is 0 Å². The largest absolute Gasteiger partial charge is 0.454 e. The van der Waals surface area contributed by atoms with Crippen molar-refractivity contribution in [1.82, 2.24) is 10.2 Å². The van der Waals surface area contributed by atoms with Gasteiger partial charge in [-0.25, -0.2) is 0 Å². The lowest BCUT2D eigenvalue weighted by Crippen LogP contribution is -2.42. The van der Waals surface area contributed by atoms with E-state index >= 15 is 0 Å². The molecule has 4 rings (SSSR count). The highest BCUT2D eigenvalue weighted by atomic mass is 35.5. The van der Waals surface area contributed by atoms with Crippen LogP contribution in [0.4, 0.5) is 0 Å². The van der Waals surface area contributed by atoms with Gasteiger partial charge in [0.15, 0.2) is 11.5 Å². The summed E-state index contributed by atoms with van der Waals surface area (Å²) in [6, 6.07) is 6.19. The minimum atomic E-state index is 0. The molecule has 114 valence electrons. The summed E-state index contributed by atoms with van der Waals surface area (Å²) in [5.41, 5.74) is 0.702. The summed E-state index contributed by atoms with van der Waals surface area (Å²) in [4.78, 5) is 14.9. The Hall–Kier alpha value is -1.46. The summed E-state index contributed by atoms with van der Waals surface area (Å²) in [7, 11) is 0. The minimum absolute atomic E-state index is 0. The molecule has 21 heavy (non-hydrogen) atoms. The van der Waals surface area contributed by atoms with Crippen LogP contribution in [0.25, 0.3) is 0 Å². The van der Waals surface area contributed by atoms with Gasteiger partial charge in [-0.1, -0.05) is 0 Å². The van der Waals surface area contributed by atoms with Gasteiger partial charge in [-0.05, 0) is 44.0 Å². The van der Waals surface area contributed by atoms with Gasteiger partial charge in [0.2, 0.25) is 6.79 Å². The Morgan fingerprint density at radius 1 is 1.14 bits per heavy atom. The number of nitrogens with zero attached hydrogens (tertiary/aromatic N) is 1. The van der Waals surface area contributed by atoms with Gasteiger partial charge in [0, 0.05) is 24.2 Å². The monoisotopic (exact) mass is 310 g/mol. The third-order valence-electron chi connectivity index (χ3n) is 4.51. The minimum Gasteiger partial charge on any atom is -0.454 e. The van der Waals surface area contributed by atoms with Crippen LogP contribution >= 0.6 is 12.4 Å². The van der Waals surface area contributed by atoms with Crippen molar-refractivity contribution in [3.63, 3.8) is 0 Å². The summed E-state index contributed by atoms with van der Waals surface area (Å²) in [6.45, 7) is 2.16. The Morgan fingerprint density at radius 3 is 2.86 bits per heavy atom. The molecule has 2 unspecified atom stereocenters. The maximum Gasteiger partial charge on any atom is 0.254 e. The van der Waals surface area contributed by atoms with Crippen LogP contribution < -0.4 is 14.8 Å². The third kappa shape index (κ3) is 2.45. The molecule has 5 nitrogen and oxygen atoms in total. The molecule has 0 saturated carbocycles. The van der Waals surface area contributed by atoms with E-state index in [1.807, 2.05) is 18.2 Å². The number of nitrogens with one attached hydrogen (secondary N) is 1. The van der Waals surface area contributed by atoms with Crippen LogP contribution in [0.5, 0.6) is 11.5 Å². The predicted octanol–water partition coefficient (Wildman–Crippen LogP) is 1.80. The molecule has 0 radical (unpaired) electrons. The number of carbonyl (C=O) groups excluding carboxylic acids is 1. The lowest BCUT2D eigenvalue weighted by Gasteiger charge is -2.28. The SMILES string of the molecule is Cl.O=C(c1ccc2c(c1)OCO2)N1C2CCNCC1CC2. The first-order valence-electron chi connectivity index (χ1n) is 7.26. The van der Waals surface area contributed by atoms with Crippen LogP contribution in [0.2, 0.25) is 0 Å². The van der Waals surface area contributed by atoms with Crippen LogP contribution in [0.1, 0.15) is 29.6 Å². The zero-order valence-corrected chi connectivity index (χ0v) is 12.5. The first-order chi connectivity index (χ1) is 9.83. The molecular weight excluding hydrogens is 292 g/mol. The molecular formula is C15H19ClN2O3. The molecule has 3 aliphatic heterocycles. The Morgan fingerprint density at radius 2 is 1.95 bits per heavy atom. The van der Waals surface area contributed by atoms with Crippen LogP contribution in [-0.4, -0.2) is 42.8 Å². The highest BCUT2D eigenvalue weighted by Gasteiger charge is 2.38. The molecule has 2 saturated heterocycles. The normalized spacial score (nSPS) is 26.2. The van der Waals surface area contributed by atoms with E-state index in [1.165, 1.54) is 0 Å². The van der Waals surface area contributed by atoms with E-state index in [-0.39, 0.29) is 25.1 Å². The molecule has 0 aliphatic carbocycles. The van der Waals surface area contributed by atoms with E-state index in [9.17, 15) is 4.79 Å². The molecule has 2 fully saturated rings. The van der Waals surface area contributed by atoms with Gasteiger partial charge >= 0.3 is 0 Å². The maximum atomic E-state index is 12.8. The fourth-order valence-electron chi connectivity index (χ4n) is 3.49. The van der Waals surface area contributed by atoms with E-state index < -0.39 is 0 Å². The van der Waals surface area contributed by atoms with Gasteiger partial charge in [0.25, 0.3) is 5.91 Å². The second-order valence-electron chi connectivity index (χ2n) is 5.66. The highest BCUT2D eigenvalue weighted by Crippen LogP contribution is 2.35. The summed E-state index contributed by atoms with van der Waals surface area (Å²) in [5.74, 6) is 1.53. The third-order valence-corrected chi connectivity index (χ3v) is 4.51. The number of halogens is 1. The molecule has 1 aromatic carbocycles. The average molecular weight is 311 g/mol. The molecule has 1 N–H and O–H groups in total. The van der Waals surface area contributed by atoms with Crippen molar-refractivity contribution in [3.05, 3.63) is 23.8 Å². The Bertz CT molecular complexity index is 538. The van der Waals surface area contributed by atoms with E-state index in [4.69, 9.17) is 9.47 Å². The zero-order valence-electron chi connectivity index (χ0n) is 11.7.